The van der Waals surface area contributed by atoms with Gasteiger partial charge in [-0.1, -0.05) is 12.1 Å². The molecular formula is C22H16F4N4O2. The predicted molar refractivity (Wildman–Crippen MR) is 109 cm³/mol. The van der Waals surface area contributed by atoms with Crippen molar-refractivity contribution in [3.8, 4) is 22.5 Å². The Bertz CT molecular complexity index is 1350. The van der Waals surface area contributed by atoms with Gasteiger partial charge in [0.2, 0.25) is 0 Å². The Morgan fingerprint density at radius 1 is 1.09 bits per heavy atom. The maximum atomic E-state index is 13.8. The van der Waals surface area contributed by atoms with E-state index in [2.05, 4.69) is 15.0 Å². The summed E-state index contributed by atoms with van der Waals surface area (Å²) in [6.45, 7) is 1.33. The lowest BCUT2D eigenvalue weighted by atomic mass is 10.0. The molecule has 0 bridgehead atoms. The molecule has 1 aromatic carbocycles. The molecule has 0 aliphatic rings. The van der Waals surface area contributed by atoms with Crippen molar-refractivity contribution in [1.29, 1.82) is 0 Å². The molecule has 6 nitrogen and oxygen atoms in total. The van der Waals surface area contributed by atoms with Gasteiger partial charge in [-0.15, -0.1) is 0 Å². The highest BCUT2D eigenvalue weighted by Crippen LogP contribution is 2.32. The fourth-order valence-corrected chi connectivity index (χ4v) is 3.27. The van der Waals surface area contributed by atoms with Crippen molar-refractivity contribution >= 4 is 10.9 Å². The van der Waals surface area contributed by atoms with Gasteiger partial charge in [0.15, 0.2) is 0 Å². The number of alkyl halides is 3. The first-order chi connectivity index (χ1) is 15.2. The number of benzene rings is 1. The van der Waals surface area contributed by atoms with Crippen LogP contribution in [0.15, 0.2) is 59.9 Å². The summed E-state index contributed by atoms with van der Waals surface area (Å²) in [5, 5.41) is 9.55. The molecule has 3 aromatic heterocycles. The summed E-state index contributed by atoms with van der Waals surface area (Å²) in [5.41, 5.74) is -0.169. The van der Waals surface area contributed by atoms with Gasteiger partial charge in [0, 0.05) is 17.3 Å². The lowest BCUT2D eigenvalue weighted by molar-refractivity contribution is -0.137. The van der Waals surface area contributed by atoms with Crippen LogP contribution in [0.2, 0.25) is 0 Å². The van der Waals surface area contributed by atoms with Gasteiger partial charge in [-0.3, -0.25) is 14.3 Å². The van der Waals surface area contributed by atoms with E-state index >= 15 is 0 Å². The summed E-state index contributed by atoms with van der Waals surface area (Å²) < 4.78 is 53.8. The summed E-state index contributed by atoms with van der Waals surface area (Å²) in [7, 11) is 0. The minimum Gasteiger partial charge on any atom is -0.394 e. The van der Waals surface area contributed by atoms with Crippen molar-refractivity contribution < 1.29 is 22.7 Å². The minimum absolute atomic E-state index is 0.122. The summed E-state index contributed by atoms with van der Waals surface area (Å²) in [5.74, 6) is -0.625. The van der Waals surface area contributed by atoms with E-state index in [0.717, 1.165) is 18.3 Å². The number of aliphatic hydroxyl groups is 1. The number of aromatic nitrogens is 4. The SMILES string of the molecule is CC(CO)n1cnc2c(-c3cncc(F)c3)nc(-c3ccc(C(F)(F)F)cc3)cc2c1=O. The number of halogens is 4. The maximum absolute atomic E-state index is 13.8. The molecule has 0 spiro atoms. The van der Waals surface area contributed by atoms with Crippen molar-refractivity contribution in [3.63, 3.8) is 0 Å². The van der Waals surface area contributed by atoms with Crippen LogP contribution in [0.5, 0.6) is 0 Å². The number of rotatable bonds is 4. The van der Waals surface area contributed by atoms with E-state index in [4.69, 9.17) is 0 Å². The highest BCUT2D eigenvalue weighted by Gasteiger charge is 2.30. The molecule has 0 saturated heterocycles. The quantitative estimate of drug-likeness (QED) is 0.477. The van der Waals surface area contributed by atoms with Crippen LogP contribution in [0, 0.1) is 5.82 Å². The molecule has 1 N–H and O–H groups in total. The van der Waals surface area contributed by atoms with Crippen molar-refractivity contribution in [2.75, 3.05) is 6.61 Å². The summed E-state index contributed by atoms with van der Waals surface area (Å²) in [4.78, 5) is 25.7. The first-order valence-corrected chi connectivity index (χ1v) is 9.50. The molecule has 3 heterocycles. The highest BCUT2D eigenvalue weighted by molar-refractivity contribution is 5.93. The van der Waals surface area contributed by atoms with Gasteiger partial charge >= 0.3 is 6.18 Å². The Morgan fingerprint density at radius 3 is 2.44 bits per heavy atom. The zero-order valence-corrected chi connectivity index (χ0v) is 16.6. The fraction of sp³-hybridized carbons (Fsp3) is 0.182. The first-order valence-electron chi connectivity index (χ1n) is 9.50. The maximum Gasteiger partial charge on any atom is 0.416 e. The van der Waals surface area contributed by atoms with Gasteiger partial charge in [0.25, 0.3) is 5.56 Å². The van der Waals surface area contributed by atoms with Crippen LogP contribution in [0.1, 0.15) is 18.5 Å². The van der Waals surface area contributed by atoms with Gasteiger partial charge in [-0.2, -0.15) is 13.2 Å². The van der Waals surface area contributed by atoms with E-state index in [1.54, 1.807) is 6.92 Å². The Hall–Kier alpha value is -3.66. The van der Waals surface area contributed by atoms with Crippen LogP contribution in [-0.2, 0) is 6.18 Å². The Balaban J connectivity index is 1.99. The number of nitrogens with zero attached hydrogens (tertiary/aromatic N) is 4. The average molecular weight is 444 g/mol. The third kappa shape index (κ3) is 3.96. The van der Waals surface area contributed by atoms with Crippen molar-refractivity contribution in [1.82, 2.24) is 19.5 Å². The zero-order valence-electron chi connectivity index (χ0n) is 16.6. The third-order valence-corrected chi connectivity index (χ3v) is 4.99. The van der Waals surface area contributed by atoms with Gasteiger partial charge in [-0.25, -0.2) is 14.4 Å². The van der Waals surface area contributed by atoms with Crippen LogP contribution in [0.25, 0.3) is 33.4 Å². The topological polar surface area (TPSA) is 80.9 Å². The van der Waals surface area contributed by atoms with Crippen LogP contribution < -0.4 is 5.56 Å². The second-order valence-corrected chi connectivity index (χ2v) is 7.21. The molecule has 4 aromatic rings. The van der Waals surface area contributed by atoms with Crippen LogP contribution in [-0.4, -0.2) is 31.2 Å². The number of pyridine rings is 2. The first kappa shape index (κ1) is 21.6. The molecule has 164 valence electrons. The van der Waals surface area contributed by atoms with Crippen LogP contribution in [0.3, 0.4) is 0 Å². The second-order valence-electron chi connectivity index (χ2n) is 7.21. The van der Waals surface area contributed by atoms with E-state index in [9.17, 15) is 27.5 Å². The van der Waals surface area contributed by atoms with Crippen LogP contribution in [0.4, 0.5) is 17.6 Å². The standard InChI is InChI=1S/C22H16F4N4O2/c1-12(10-31)30-11-28-20-17(21(30)32)7-18(13-2-4-15(5-3-13)22(24,25)26)29-19(20)14-6-16(23)9-27-8-14/h2-9,11-12,31H,10H2,1H3. The molecule has 32 heavy (non-hydrogen) atoms. The largest absolute Gasteiger partial charge is 0.416 e. The molecule has 0 saturated carbocycles. The zero-order chi connectivity index (χ0) is 23.0. The number of hydrogen-bond donors (Lipinski definition) is 1. The summed E-state index contributed by atoms with van der Waals surface area (Å²) in [6.07, 6.45) is -0.868. The van der Waals surface area contributed by atoms with Crippen LogP contribution >= 0.6 is 0 Å². The third-order valence-electron chi connectivity index (χ3n) is 4.99. The van der Waals surface area contributed by atoms with E-state index in [1.807, 2.05) is 0 Å². The average Bonchev–Trinajstić information content (AvgIpc) is 2.78. The molecule has 0 amide bonds. The van der Waals surface area contributed by atoms with Gasteiger partial charge in [0.05, 0.1) is 47.5 Å². The molecule has 0 radical (unpaired) electrons. The van der Waals surface area contributed by atoms with Crippen molar-refractivity contribution in [2.24, 2.45) is 0 Å². The molecule has 0 fully saturated rings. The van der Waals surface area contributed by atoms with Crippen molar-refractivity contribution in [3.05, 3.63) is 76.9 Å². The van der Waals surface area contributed by atoms with Gasteiger partial charge in [-0.05, 0) is 31.2 Å². The molecule has 0 aliphatic carbocycles. The number of aliphatic hydroxyl groups excluding tert-OH is 1. The normalized spacial score (nSPS) is 12.8. The minimum atomic E-state index is -4.49. The fourth-order valence-electron chi connectivity index (χ4n) is 3.27. The molecular weight excluding hydrogens is 428 g/mol. The Kier molecular flexibility index (Phi) is 5.47. The molecule has 4 rings (SSSR count). The molecule has 1 unspecified atom stereocenters. The van der Waals surface area contributed by atoms with Gasteiger partial charge in [0.1, 0.15) is 11.3 Å². The van der Waals surface area contributed by atoms with E-state index in [1.165, 1.54) is 41.4 Å². The molecule has 0 aliphatic heterocycles. The second kappa shape index (κ2) is 8.12. The number of fused-ring (bicyclic) bond motifs is 1. The highest BCUT2D eigenvalue weighted by atomic mass is 19.4. The monoisotopic (exact) mass is 444 g/mol. The molecule has 1 atom stereocenters. The van der Waals surface area contributed by atoms with Crippen molar-refractivity contribution in [2.45, 2.75) is 19.1 Å². The van der Waals surface area contributed by atoms with E-state index in [0.29, 0.717) is 5.56 Å². The molecule has 10 heteroatoms. The summed E-state index contributed by atoms with van der Waals surface area (Å²) >= 11 is 0. The van der Waals surface area contributed by atoms with E-state index in [-0.39, 0.29) is 34.5 Å². The Morgan fingerprint density at radius 2 is 1.81 bits per heavy atom. The summed E-state index contributed by atoms with van der Waals surface area (Å²) in [6, 6.07) is 6.37. The number of hydrogen-bond acceptors (Lipinski definition) is 5. The van der Waals surface area contributed by atoms with E-state index < -0.39 is 29.2 Å². The smallest absolute Gasteiger partial charge is 0.394 e. The van der Waals surface area contributed by atoms with Gasteiger partial charge < -0.3 is 5.11 Å². The lowest BCUT2D eigenvalue weighted by Gasteiger charge is -2.15. The Labute approximate surface area is 178 Å². The predicted octanol–water partition coefficient (Wildman–Crippen LogP) is 4.23. The lowest BCUT2D eigenvalue weighted by Crippen LogP contribution is -2.25.